The van der Waals surface area contributed by atoms with Crippen LogP contribution < -0.4 is 10.1 Å². The lowest BCUT2D eigenvalue weighted by atomic mass is 10.2. The fraction of sp³-hybridized carbons (Fsp3) is 0.250. The van der Waals surface area contributed by atoms with E-state index in [4.69, 9.17) is 4.74 Å². The van der Waals surface area contributed by atoms with Gasteiger partial charge in [-0.15, -0.1) is 0 Å². The maximum Gasteiger partial charge on any atom is 0.156 e. The van der Waals surface area contributed by atoms with Gasteiger partial charge in [-0.1, -0.05) is 36.4 Å². The van der Waals surface area contributed by atoms with Gasteiger partial charge in [0.2, 0.25) is 0 Å². The zero-order chi connectivity index (χ0) is 14.2. The first-order chi connectivity index (χ1) is 9.78. The summed E-state index contributed by atoms with van der Waals surface area (Å²) in [6.45, 7) is 2.65. The highest BCUT2D eigenvalue weighted by molar-refractivity contribution is 5.66. The van der Waals surface area contributed by atoms with Crippen LogP contribution in [0.15, 0.2) is 42.7 Å². The Morgan fingerprint density at radius 2 is 1.85 bits per heavy atom. The predicted octanol–water partition coefficient (Wildman–Crippen LogP) is 2.63. The molecule has 1 heterocycles. The summed E-state index contributed by atoms with van der Waals surface area (Å²) in [5.74, 6) is 1.35. The zero-order valence-electron chi connectivity index (χ0n) is 11.8. The number of likely N-dealkylation sites (N-methyl/N-ethyl adjacent to an activating group) is 1. The predicted molar refractivity (Wildman–Crippen MR) is 81.4 cm³/mol. The number of hydrogen-bond donors (Lipinski definition) is 1. The minimum Gasteiger partial charge on any atom is -0.489 e. The molecule has 2 rings (SSSR count). The van der Waals surface area contributed by atoms with Crippen molar-refractivity contribution in [2.45, 2.75) is 13.0 Å². The summed E-state index contributed by atoms with van der Waals surface area (Å²) in [5, 5.41) is 3.11. The van der Waals surface area contributed by atoms with Crippen LogP contribution in [0.25, 0.3) is 12.2 Å². The van der Waals surface area contributed by atoms with Crippen molar-refractivity contribution in [3.63, 3.8) is 0 Å². The molecule has 0 amide bonds. The molecule has 4 nitrogen and oxygen atoms in total. The molecule has 1 unspecified atom stereocenters. The summed E-state index contributed by atoms with van der Waals surface area (Å²) in [6.07, 6.45) is 7.26. The summed E-state index contributed by atoms with van der Waals surface area (Å²) in [7, 11) is 1.90. The van der Waals surface area contributed by atoms with Crippen molar-refractivity contribution in [1.29, 1.82) is 0 Å². The Hall–Kier alpha value is -2.20. The second kappa shape index (κ2) is 7.40. The maximum absolute atomic E-state index is 5.56. The van der Waals surface area contributed by atoms with Crippen molar-refractivity contribution in [3.8, 4) is 5.75 Å². The van der Waals surface area contributed by atoms with E-state index in [-0.39, 0.29) is 0 Å². The fourth-order valence-corrected chi connectivity index (χ4v) is 1.53. The number of rotatable bonds is 6. The molecular weight excluding hydrogens is 250 g/mol. The van der Waals surface area contributed by atoms with Crippen LogP contribution in [0.2, 0.25) is 0 Å². The van der Waals surface area contributed by atoms with Gasteiger partial charge in [0.1, 0.15) is 6.61 Å². The van der Waals surface area contributed by atoms with Gasteiger partial charge in [0.05, 0.1) is 12.4 Å². The van der Waals surface area contributed by atoms with Gasteiger partial charge in [-0.25, -0.2) is 9.97 Å². The van der Waals surface area contributed by atoms with Crippen molar-refractivity contribution in [2.75, 3.05) is 13.7 Å². The van der Waals surface area contributed by atoms with Crippen LogP contribution in [0.1, 0.15) is 18.3 Å². The Bertz CT molecular complexity index is 537. The molecule has 0 radical (unpaired) electrons. The van der Waals surface area contributed by atoms with E-state index < -0.39 is 0 Å². The van der Waals surface area contributed by atoms with Gasteiger partial charge in [0.25, 0.3) is 0 Å². The van der Waals surface area contributed by atoms with E-state index in [2.05, 4.69) is 22.2 Å². The number of hydrogen-bond acceptors (Lipinski definition) is 4. The molecule has 20 heavy (non-hydrogen) atoms. The van der Waals surface area contributed by atoms with E-state index in [1.165, 1.54) is 0 Å². The van der Waals surface area contributed by atoms with Gasteiger partial charge in [-0.05, 0) is 25.6 Å². The Morgan fingerprint density at radius 3 is 2.50 bits per heavy atom. The molecule has 1 aromatic heterocycles. The van der Waals surface area contributed by atoms with Gasteiger partial charge in [0.15, 0.2) is 11.6 Å². The number of ether oxygens (including phenoxy) is 1. The third-order valence-electron chi connectivity index (χ3n) is 2.87. The van der Waals surface area contributed by atoms with Gasteiger partial charge >= 0.3 is 0 Å². The second-order valence-corrected chi connectivity index (χ2v) is 4.52. The van der Waals surface area contributed by atoms with Crippen LogP contribution in [0, 0.1) is 0 Å². The SMILES string of the molecule is CNC(C)COc1cnc(C=Cc2ccccc2)nc1. The number of nitrogens with zero attached hydrogens (tertiary/aromatic N) is 2. The number of nitrogens with one attached hydrogen (secondary N) is 1. The number of aromatic nitrogens is 2. The first-order valence-corrected chi connectivity index (χ1v) is 6.63. The number of benzene rings is 1. The summed E-state index contributed by atoms with van der Waals surface area (Å²) in [4.78, 5) is 8.51. The minimum absolute atomic E-state index is 0.299. The molecule has 0 saturated carbocycles. The quantitative estimate of drug-likeness (QED) is 0.875. The van der Waals surface area contributed by atoms with E-state index >= 15 is 0 Å². The lowest BCUT2D eigenvalue weighted by molar-refractivity contribution is 0.278. The monoisotopic (exact) mass is 269 g/mol. The Kier molecular flexibility index (Phi) is 5.26. The van der Waals surface area contributed by atoms with Crippen LogP contribution in [0.4, 0.5) is 0 Å². The van der Waals surface area contributed by atoms with E-state index in [0.717, 1.165) is 5.56 Å². The molecular formula is C16H19N3O. The molecule has 0 aliphatic heterocycles. The fourth-order valence-electron chi connectivity index (χ4n) is 1.53. The topological polar surface area (TPSA) is 47.0 Å². The van der Waals surface area contributed by atoms with Gasteiger partial charge in [-0.2, -0.15) is 0 Å². The van der Waals surface area contributed by atoms with Gasteiger partial charge in [0, 0.05) is 6.04 Å². The van der Waals surface area contributed by atoms with Crippen LogP contribution in [0.3, 0.4) is 0 Å². The Labute approximate surface area is 119 Å². The van der Waals surface area contributed by atoms with Crippen LogP contribution in [0.5, 0.6) is 5.75 Å². The molecule has 0 bridgehead atoms. The molecule has 0 saturated heterocycles. The summed E-state index contributed by atoms with van der Waals surface area (Å²) in [5.41, 5.74) is 1.12. The molecule has 104 valence electrons. The molecule has 2 aromatic rings. The second-order valence-electron chi connectivity index (χ2n) is 4.52. The maximum atomic E-state index is 5.56. The van der Waals surface area contributed by atoms with E-state index in [9.17, 15) is 0 Å². The van der Waals surface area contributed by atoms with Crippen LogP contribution in [-0.2, 0) is 0 Å². The average molecular weight is 269 g/mol. The van der Waals surface area contributed by atoms with E-state index in [1.807, 2.05) is 49.5 Å². The van der Waals surface area contributed by atoms with E-state index in [1.54, 1.807) is 12.4 Å². The van der Waals surface area contributed by atoms with Crippen molar-refractivity contribution in [1.82, 2.24) is 15.3 Å². The molecule has 4 heteroatoms. The average Bonchev–Trinajstić information content (AvgIpc) is 2.52. The first-order valence-electron chi connectivity index (χ1n) is 6.63. The molecule has 0 fully saturated rings. The molecule has 0 aliphatic carbocycles. The van der Waals surface area contributed by atoms with Crippen molar-refractivity contribution in [2.24, 2.45) is 0 Å². The van der Waals surface area contributed by atoms with Gasteiger partial charge in [-0.3, -0.25) is 0 Å². The highest BCUT2D eigenvalue weighted by Gasteiger charge is 2.00. The van der Waals surface area contributed by atoms with Crippen LogP contribution >= 0.6 is 0 Å². The van der Waals surface area contributed by atoms with Crippen LogP contribution in [-0.4, -0.2) is 29.7 Å². The summed E-state index contributed by atoms with van der Waals surface area (Å²) in [6, 6.07) is 10.4. The Balaban J connectivity index is 1.93. The largest absolute Gasteiger partial charge is 0.489 e. The molecule has 0 aliphatic rings. The molecule has 0 spiro atoms. The van der Waals surface area contributed by atoms with Gasteiger partial charge < -0.3 is 10.1 Å². The van der Waals surface area contributed by atoms with Crippen molar-refractivity contribution in [3.05, 3.63) is 54.1 Å². The first kappa shape index (κ1) is 14.2. The van der Waals surface area contributed by atoms with Crippen molar-refractivity contribution >= 4 is 12.2 Å². The highest BCUT2D eigenvalue weighted by Crippen LogP contribution is 2.09. The normalized spacial score (nSPS) is 12.5. The molecule has 1 atom stereocenters. The lowest BCUT2D eigenvalue weighted by Gasteiger charge is -2.11. The smallest absolute Gasteiger partial charge is 0.156 e. The lowest BCUT2D eigenvalue weighted by Crippen LogP contribution is -2.28. The minimum atomic E-state index is 0.299. The zero-order valence-corrected chi connectivity index (χ0v) is 11.8. The standard InChI is InChI=1S/C16H19N3O/c1-13(17-2)12-20-15-10-18-16(19-11-15)9-8-14-6-4-3-5-7-14/h3-11,13,17H,12H2,1-2H3. The summed E-state index contributed by atoms with van der Waals surface area (Å²) >= 11 is 0. The molecule has 1 aromatic carbocycles. The van der Waals surface area contributed by atoms with E-state index in [0.29, 0.717) is 24.2 Å². The Morgan fingerprint density at radius 1 is 1.15 bits per heavy atom. The summed E-state index contributed by atoms with van der Waals surface area (Å²) < 4.78 is 5.56. The third-order valence-corrected chi connectivity index (χ3v) is 2.87. The molecule has 1 N–H and O–H groups in total. The third kappa shape index (κ3) is 4.48. The highest BCUT2D eigenvalue weighted by atomic mass is 16.5. The van der Waals surface area contributed by atoms with Crippen molar-refractivity contribution < 1.29 is 4.74 Å².